The molecule has 0 bridgehead atoms. The van der Waals surface area contributed by atoms with Crippen molar-refractivity contribution in [2.45, 2.75) is 5.54 Å². The molecule has 2 fully saturated rings. The molecular formula is C22H51N5O14S3. The average Bonchev–Trinajstić information content (AvgIpc) is 2.95. The summed E-state index contributed by atoms with van der Waals surface area (Å²) in [6.45, 7) is 7.15. The second-order valence-corrected chi connectivity index (χ2v) is 15.1. The molecule has 9 N–H and O–H groups in total. The van der Waals surface area contributed by atoms with Gasteiger partial charge in [-0.05, 0) is 0 Å². The first-order valence-electron chi connectivity index (χ1n) is 14.0. The lowest BCUT2D eigenvalue weighted by Gasteiger charge is -2.33. The Morgan fingerprint density at radius 2 is 0.750 bits per heavy atom. The van der Waals surface area contributed by atoms with Crippen LogP contribution in [0.2, 0.25) is 0 Å². The van der Waals surface area contributed by atoms with Crippen LogP contribution in [0.3, 0.4) is 0 Å². The van der Waals surface area contributed by atoms with Crippen LogP contribution in [0.1, 0.15) is 0 Å². The number of rotatable bonds is 17. The van der Waals surface area contributed by atoms with E-state index in [0.29, 0.717) is 26.2 Å². The molecule has 0 radical (unpaired) electrons. The average molecular weight is 706 g/mol. The molecule has 0 aromatic rings. The first-order chi connectivity index (χ1) is 20.4. The molecule has 2 rings (SSSR count). The van der Waals surface area contributed by atoms with Crippen molar-refractivity contribution >= 4 is 30.4 Å². The quantitative estimate of drug-likeness (QED) is 0.0637. The minimum absolute atomic E-state index is 0.158. The Morgan fingerprint density at radius 1 is 0.477 bits per heavy atom. The maximum atomic E-state index is 10.5. The molecule has 0 saturated carbocycles. The van der Waals surface area contributed by atoms with Crippen LogP contribution >= 0.6 is 0 Å². The van der Waals surface area contributed by atoms with Crippen molar-refractivity contribution in [2.24, 2.45) is 0 Å². The monoisotopic (exact) mass is 705 g/mol. The molecule has 19 nitrogen and oxygen atoms in total. The summed E-state index contributed by atoms with van der Waals surface area (Å²) in [4.78, 5) is 8.26. The highest BCUT2D eigenvalue weighted by atomic mass is 32.2. The van der Waals surface area contributed by atoms with Crippen molar-refractivity contribution in [1.29, 1.82) is 0 Å². The fourth-order valence-electron chi connectivity index (χ4n) is 4.01. The van der Waals surface area contributed by atoms with Crippen molar-refractivity contribution < 1.29 is 64.4 Å². The number of nitrogens with zero attached hydrogens (tertiary/aromatic N) is 4. The molecular weight excluding hydrogens is 654 g/mol. The topological polar surface area (TPSA) is 289 Å². The van der Waals surface area contributed by atoms with Gasteiger partial charge in [-0.2, -0.15) is 25.3 Å². The first kappa shape index (κ1) is 43.3. The van der Waals surface area contributed by atoms with Crippen LogP contribution in [0.5, 0.6) is 0 Å². The molecule has 2 aliphatic heterocycles. The summed E-state index contributed by atoms with van der Waals surface area (Å²) in [5.41, 5.74) is -1.31. The number of nitrogens with one attached hydrogen (secondary N) is 1. The zero-order valence-electron chi connectivity index (χ0n) is 24.9. The smallest absolute Gasteiger partial charge is 0.266 e. The minimum atomic E-state index is -4.08. The van der Waals surface area contributed by atoms with Crippen molar-refractivity contribution in [2.75, 3.05) is 135 Å². The van der Waals surface area contributed by atoms with Crippen LogP contribution < -0.4 is 5.32 Å². The molecule has 0 amide bonds. The van der Waals surface area contributed by atoms with E-state index in [1.807, 2.05) is 9.80 Å². The van der Waals surface area contributed by atoms with E-state index >= 15 is 0 Å². The molecule has 0 aromatic carbocycles. The van der Waals surface area contributed by atoms with Crippen LogP contribution in [-0.2, 0) is 30.4 Å². The number of aliphatic hydroxyl groups is 5. The maximum absolute atomic E-state index is 10.5. The van der Waals surface area contributed by atoms with Crippen molar-refractivity contribution in [3.8, 4) is 0 Å². The van der Waals surface area contributed by atoms with Crippen LogP contribution in [0.25, 0.3) is 0 Å². The van der Waals surface area contributed by atoms with E-state index in [1.54, 1.807) is 0 Å². The van der Waals surface area contributed by atoms with Crippen LogP contribution in [-0.4, -0.2) is 225 Å². The molecule has 22 heteroatoms. The molecule has 44 heavy (non-hydrogen) atoms. The summed E-state index contributed by atoms with van der Waals surface area (Å²) in [6, 6.07) is 0. The minimum Gasteiger partial charge on any atom is -0.395 e. The molecule has 2 heterocycles. The zero-order valence-corrected chi connectivity index (χ0v) is 27.3. The first-order valence-corrected chi connectivity index (χ1v) is 18.8. The third-order valence-electron chi connectivity index (χ3n) is 6.86. The molecule has 0 unspecified atom stereocenters. The highest BCUT2D eigenvalue weighted by Crippen LogP contribution is 2.03. The van der Waals surface area contributed by atoms with Gasteiger partial charge in [-0.25, -0.2) is 0 Å². The standard InChI is InChI=1S/2C8H18N2O4S.C6H15NO6S/c2*11-7-5-9-1-3-10(4-2-9)6-8-15(12,13)14;8-3-6(4-9,5-10)7-1-2-14(11,12)13/h2*11H,1-8H2,(H,12,13,14);7-10H,1-5H2,(H,11,12,13). The third kappa shape index (κ3) is 22.8. The lowest BCUT2D eigenvalue weighted by molar-refractivity contribution is 0.0440. The van der Waals surface area contributed by atoms with E-state index < -0.39 is 61.5 Å². The second kappa shape index (κ2) is 22.0. The van der Waals surface area contributed by atoms with Gasteiger partial charge in [0, 0.05) is 85.1 Å². The highest BCUT2D eigenvalue weighted by Gasteiger charge is 2.27. The number of β-amino-alcohol motifs (C(OH)–C–C–N with tert-alkyl or cyclic N) is 2. The van der Waals surface area contributed by atoms with Gasteiger partial charge in [0.05, 0.1) is 55.8 Å². The fourth-order valence-corrected chi connectivity index (χ4v) is 5.35. The van der Waals surface area contributed by atoms with Gasteiger partial charge >= 0.3 is 0 Å². The molecule has 0 aromatic heterocycles. The molecule has 0 aliphatic carbocycles. The largest absolute Gasteiger partial charge is 0.395 e. The van der Waals surface area contributed by atoms with Gasteiger partial charge in [-0.1, -0.05) is 0 Å². The van der Waals surface area contributed by atoms with E-state index in [0.717, 1.165) is 52.4 Å². The predicted octanol–water partition coefficient (Wildman–Crippen LogP) is -5.85. The lowest BCUT2D eigenvalue weighted by Crippen LogP contribution is -2.55. The summed E-state index contributed by atoms with van der Waals surface area (Å²) in [5, 5.41) is 46.3. The number of aliphatic hydroxyl groups excluding tert-OH is 5. The summed E-state index contributed by atoms with van der Waals surface area (Å²) in [7, 11) is -11.8. The Kier molecular flexibility index (Phi) is 21.7. The molecule has 266 valence electrons. The van der Waals surface area contributed by atoms with Gasteiger partial charge in [0.2, 0.25) is 0 Å². The summed E-state index contributed by atoms with van der Waals surface area (Å²) in [5.74, 6) is -0.950. The van der Waals surface area contributed by atoms with Gasteiger partial charge in [-0.15, -0.1) is 0 Å². The summed E-state index contributed by atoms with van der Waals surface area (Å²) in [6.07, 6.45) is 0. The van der Waals surface area contributed by atoms with E-state index in [-0.39, 0.29) is 31.3 Å². The van der Waals surface area contributed by atoms with Gasteiger partial charge < -0.3 is 30.8 Å². The van der Waals surface area contributed by atoms with Crippen LogP contribution in [0.15, 0.2) is 0 Å². The number of hydrogen-bond acceptors (Lipinski definition) is 16. The Bertz CT molecular complexity index is 996. The molecule has 0 spiro atoms. The Morgan fingerprint density at radius 3 is 0.977 bits per heavy atom. The maximum Gasteiger partial charge on any atom is 0.266 e. The van der Waals surface area contributed by atoms with Crippen molar-refractivity contribution in [1.82, 2.24) is 24.9 Å². The second-order valence-electron chi connectivity index (χ2n) is 10.4. The van der Waals surface area contributed by atoms with Gasteiger partial charge in [-0.3, -0.25) is 33.3 Å². The molecule has 2 saturated heterocycles. The molecule has 0 atom stereocenters. The molecule has 2 aliphatic rings. The SMILES string of the molecule is O=S(=O)(O)CCN1CCN(CCO)CC1.O=S(=O)(O)CCN1CCN(CCO)CC1.O=S(=O)(O)CCNC(CO)(CO)CO. The van der Waals surface area contributed by atoms with Crippen molar-refractivity contribution in [3.05, 3.63) is 0 Å². The normalized spacial score (nSPS) is 18.3. The summed E-state index contributed by atoms with van der Waals surface area (Å²) < 4.78 is 88.3. The van der Waals surface area contributed by atoms with Gasteiger partial charge in [0.1, 0.15) is 0 Å². The van der Waals surface area contributed by atoms with E-state index in [1.165, 1.54) is 0 Å². The zero-order chi connectivity index (χ0) is 33.9. The van der Waals surface area contributed by atoms with E-state index in [2.05, 4.69) is 15.1 Å². The van der Waals surface area contributed by atoms with Crippen LogP contribution in [0, 0.1) is 0 Å². The Balaban J connectivity index is 0.000000631. The van der Waals surface area contributed by atoms with E-state index in [9.17, 15) is 25.3 Å². The summed E-state index contributed by atoms with van der Waals surface area (Å²) >= 11 is 0. The fraction of sp³-hybridized carbons (Fsp3) is 1.00. The highest BCUT2D eigenvalue weighted by molar-refractivity contribution is 7.86. The van der Waals surface area contributed by atoms with Crippen LogP contribution in [0.4, 0.5) is 0 Å². The van der Waals surface area contributed by atoms with Crippen molar-refractivity contribution in [3.63, 3.8) is 0 Å². The predicted molar refractivity (Wildman–Crippen MR) is 161 cm³/mol. The Labute approximate surface area is 260 Å². The Hall–Kier alpha value is -0.670. The third-order valence-corrected chi connectivity index (χ3v) is 8.98. The van der Waals surface area contributed by atoms with E-state index in [4.69, 9.17) is 39.2 Å². The van der Waals surface area contributed by atoms with Gasteiger partial charge in [0.15, 0.2) is 0 Å². The van der Waals surface area contributed by atoms with Gasteiger partial charge in [0.25, 0.3) is 30.4 Å². The number of piperazine rings is 2. The lowest BCUT2D eigenvalue weighted by atomic mass is 10.0. The number of hydrogen-bond donors (Lipinski definition) is 9.